The van der Waals surface area contributed by atoms with E-state index in [0.29, 0.717) is 24.9 Å². The highest BCUT2D eigenvalue weighted by Crippen LogP contribution is 2.17. The molecule has 0 aliphatic heterocycles. The first-order valence-electron chi connectivity index (χ1n) is 8.67. The average Bonchev–Trinajstić information content (AvgIpc) is 2.81. The topological polar surface area (TPSA) is 50.4 Å². The Labute approximate surface area is 137 Å². The first-order valence-corrected chi connectivity index (χ1v) is 8.67. The maximum Gasteiger partial charge on any atom is 0.315 e. The van der Waals surface area contributed by atoms with E-state index in [9.17, 15) is 9.18 Å². The zero-order valence-corrected chi connectivity index (χ0v) is 13.7. The molecule has 0 spiro atoms. The largest absolute Gasteiger partial charge is 0.494 e. The van der Waals surface area contributed by atoms with Crippen LogP contribution in [0.15, 0.2) is 24.3 Å². The van der Waals surface area contributed by atoms with Gasteiger partial charge in [0, 0.05) is 12.6 Å². The van der Waals surface area contributed by atoms with Gasteiger partial charge in [0.05, 0.1) is 6.61 Å². The van der Waals surface area contributed by atoms with Gasteiger partial charge in [-0.1, -0.05) is 25.7 Å². The number of carbonyl (C=O) groups is 1. The van der Waals surface area contributed by atoms with Gasteiger partial charge in [-0.05, 0) is 49.9 Å². The fourth-order valence-electron chi connectivity index (χ4n) is 2.81. The molecule has 128 valence electrons. The summed E-state index contributed by atoms with van der Waals surface area (Å²) in [6.07, 6.45) is 8.90. The van der Waals surface area contributed by atoms with E-state index in [1.54, 1.807) is 12.1 Å². The third-order valence-corrected chi connectivity index (χ3v) is 4.13. The van der Waals surface area contributed by atoms with Crippen molar-refractivity contribution < 1.29 is 13.9 Å². The Bertz CT molecular complexity index is 457. The summed E-state index contributed by atoms with van der Waals surface area (Å²) in [7, 11) is 0. The molecule has 1 aliphatic carbocycles. The number of urea groups is 1. The van der Waals surface area contributed by atoms with Crippen LogP contribution in [0.4, 0.5) is 9.18 Å². The molecule has 2 amide bonds. The average molecular weight is 322 g/mol. The summed E-state index contributed by atoms with van der Waals surface area (Å²) >= 11 is 0. The van der Waals surface area contributed by atoms with Crippen LogP contribution in [0.1, 0.15) is 51.4 Å². The standard InChI is InChI=1S/C18H27FN2O2/c19-15-9-11-17(12-10-15)23-14-6-5-13-20-18(22)21-16-7-3-1-2-4-8-16/h9-12,16H,1-8,13-14H2,(H2,20,21,22). The van der Waals surface area contributed by atoms with Crippen molar-refractivity contribution in [1.82, 2.24) is 10.6 Å². The van der Waals surface area contributed by atoms with Gasteiger partial charge in [0.25, 0.3) is 0 Å². The monoisotopic (exact) mass is 322 g/mol. The first-order chi connectivity index (χ1) is 11.2. The van der Waals surface area contributed by atoms with Crippen LogP contribution < -0.4 is 15.4 Å². The lowest BCUT2D eigenvalue weighted by atomic mass is 10.1. The lowest BCUT2D eigenvalue weighted by Crippen LogP contribution is -2.42. The Morgan fingerprint density at radius 2 is 1.78 bits per heavy atom. The number of carbonyl (C=O) groups excluding carboxylic acids is 1. The SMILES string of the molecule is O=C(NCCCCOc1ccc(F)cc1)NC1CCCCCC1. The van der Waals surface area contributed by atoms with Crippen LogP contribution in [0.2, 0.25) is 0 Å². The molecule has 1 saturated carbocycles. The Morgan fingerprint density at radius 1 is 1.09 bits per heavy atom. The Balaban J connectivity index is 1.49. The van der Waals surface area contributed by atoms with Gasteiger partial charge in [0.2, 0.25) is 0 Å². The van der Waals surface area contributed by atoms with Crippen LogP contribution in [0, 0.1) is 5.82 Å². The summed E-state index contributed by atoms with van der Waals surface area (Å²) in [5.74, 6) is 0.409. The molecule has 0 bridgehead atoms. The zero-order valence-electron chi connectivity index (χ0n) is 13.7. The summed E-state index contributed by atoms with van der Waals surface area (Å²) in [6.45, 7) is 1.21. The number of nitrogens with one attached hydrogen (secondary N) is 2. The molecule has 0 radical (unpaired) electrons. The Hall–Kier alpha value is -1.78. The molecule has 0 aromatic heterocycles. The van der Waals surface area contributed by atoms with Crippen LogP contribution in [0.25, 0.3) is 0 Å². The van der Waals surface area contributed by atoms with E-state index in [-0.39, 0.29) is 11.8 Å². The van der Waals surface area contributed by atoms with Gasteiger partial charge in [0.1, 0.15) is 11.6 Å². The van der Waals surface area contributed by atoms with Crippen LogP contribution >= 0.6 is 0 Å². The van der Waals surface area contributed by atoms with Crippen LogP contribution in [-0.4, -0.2) is 25.2 Å². The van der Waals surface area contributed by atoms with Crippen molar-refractivity contribution in [2.45, 2.75) is 57.4 Å². The second-order valence-electron chi connectivity index (χ2n) is 6.10. The number of benzene rings is 1. The molecule has 0 saturated heterocycles. The fraction of sp³-hybridized carbons (Fsp3) is 0.611. The van der Waals surface area contributed by atoms with E-state index >= 15 is 0 Å². The molecule has 4 nitrogen and oxygen atoms in total. The van der Waals surface area contributed by atoms with Crippen molar-refractivity contribution in [3.63, 3.8) is 0 Å². The molecule has 0 heterocycles. The zero-order chi connectivity index (χ0) is 16.3. The maximum atomic E-state index is 12.7. The molecular weight excluding hydrogens is 295 g/mol. The van der Waals surface area contributed by atoms with Crippen molar-refractivity contribution in [3.05, 3.63) is 30.1 Å². The highest BCUT2D eigenvalue weighted by Gasteiger charge is 2.13. The van der Waals surface area contributed by atoms with Gasteiger partial charge >= 0.3 is 6.03 Å². The van der Waals surface area contributed by atoms with E-state index < -0.39 is 0 Å². The van der Waals surface area contributed by atoms with Crippen LogP contribution in [0.3, 0.4) is 0 Å². The van der Waals surface area contributed by atoms with Crippen molar-refractivity contribution in [1.29, 1.82) is 0 Å². The molecule has 0 unspecified atom stereocenters. The molecule has 1 aliphatic rings. The molecule has 23 heavy (non-hydrogen) atoms. The lowest BCUT2D eigenvalue weighted by Gasteiger charge is -2.16. The summed E-state index contributed by atoms with van der Waals surface area (Å²) in [5, 5.41) is 5.97. The van der Waals surface area contributed by atoms with Gasteiger partial charge in [-0.15, -0.1) is 0 Å². The second kappa shape index (κ2) is 10.1. The molecule has 2 rings (SSSR count). The molecule has 1 aromatic rings. The van der Waals surface area contributed by atoms with Gasteiger partial charge < -0.3 is 15.4 Å². The minimum atomic E-state index is -0.263. The Kier molecular flexibility index (Phi) is 7.70. The summed E-state index contributed by atoms with van der Waals surface area (Å²) in [5.41, 5.74) is 0. The first kappa shape index (κ1) is 17.6. The Morgan fingerprint density at radius 3 is 2.48 bits per heavy atom. The van der Waals surface area contributed by atoms with E-state index in [1.165, 1.54) is 37.8 Å². The van der Waals surface area contributed by atoms with Gasteiger partial charge in [-0.3, -0.25) is 0 Å². The molecule has 5 heteroatoms. The number of hydrogen-bond donors (Lipinski definition) is 2. The number of ether oxygens (including phenoxy) is 1. The molecule has 2 N–H and O–H groups in total. The number of amides is 2. The summed E-state index contributed by atoms with van der Waals surface area (Å²) < 4.78 is 18.2. The predicted molar refractivity (Wildman–Crippen MR) is 89.2 cm³/mol. The molecule has 0 atom stereocenters. The van der Waals surface area contributed by atoms with Crippen LogP contribution in [-0.2, 0) is 0 Å². The maximum absolute atomic E-state index is 12.7. The van der Waals surface area contributed by atoms with E-state index in [4.69, 9.17) is 4.74 Å². The van der Waals surface area contributed by atoms with Crippen molar-refractivity contribution in [3.8, 4) is 5.75 Å². The third-order valence-electron chi connectivity index (χ3n) is 4.13. The second-order valence-corrected chi connectivity index (χ2v) is 6.10. The van der Waals surface area contributed by atoms with Crippen molar-refractivity contribution in [2.75, 3.05) is 13.2 Å². The van der Waals surface area contributed by atoms with Crippen molar-refractivity contribution >= 4 is 6.03 Å². The molecular formula is C18H27FN2O2. The third kappa shape index (κ3) is 7.35. The van der Waals surface area contributed by atoms with E-state index in [1.807, 2.05) is 0 Å². The number of rotatable bonds is 7. The van der Waals surface area contributed by atoms with E-state index in [2.05, 4.69) is 10.6 Å². The highest BCUT2D eigenvalue weighted by molar-refractivity contribution is 5.74. The molecule has 1 aromatic carbocycles. The van der Waals surface area contributed by atoms with Crippen molar-refractivity contribution in [2.24, 2.45) is 0 Å². The predicted octanol–water partition coefficient (Wildman–Crippen LogP) is 4.01. The quantitative estimate of drug-likeness (QED) is 0.589. The number of hydrogen-bond acceptors (Lipinski definition) is 2. The highest BCUT2D eigenvalue weighted by atomic mass is 19.1. The number of unbranched alkanes of at least 4 members (excludes halogenated alkanes) is 1. The minimum absolute atomic E-state index is 0.0589. The van der Waals surface area contributed by atoms with Gasteiger partial charge in [-0.25, -0.2) is 9.18 Å². The van der Waals surface area contributed by atoms with Gasteiger partial charge in [0.15, 0.2) is 0 Å². The molecule has 1 fully saturated rings. The number of halogens is 1. The van der Waals surface area contributed by atoms with Crippen LogP contribution in [0.5, 0.6) is 5.75 Å². The fourth-order valence-corrected chi connectivity index (χ4v) is 2.81. The smallest absolute Gasteiger partial charge is 0.315 e. The van der Waals surface area contributed by atoms with Gasteiger partial charge in [-0.2, -0.15) is 0 Å². The lowest BCUT2D eigenvalue weighted by molar-refractivity contribution is 0.234. The minimum Gasteiger partial charge on any atom is -0.494 e. The van der Waals surface area contributed by atoms with E-state index in [0.717, 1.165) is 25.7 Å². The normalized spacial score (nSPS) is 15.7. The summed E-state index contributed by atoms with van der Waals surface area (Å²) in [4.78, 5) is 11.8. The summed E-state index contributed by atoms with van der Waals surface area (Å²) in [6, 6.07) is 6.28.